The quantitative estimate of drug-likeness (QED) is 0.872. The zero-order chi connectivity index (χ0) is 11.7. The molecule has 0 saturated heterocycles. The van der Waals surface area contributed by atoms with Crippen molar-refractivity contribution in [2.45, 2.75) is 6.92 Å². The van der Waals surface area contributed by atoms with Gasteiger partial charge in [-0.15, -0.1) is 0 Å². The summed E-state index contributed by atoms with van der Waals surface area (Å²) in [5, 5.41) is 8.78. The van der Waals surface area contributed by atoms with Gasteiger partial charge in [0.25, 0.3) is 5.35 Å². The van der Waals surface area contributed by atoms with Crippen molar-refractivity contribution in [2.75, 3.05) is 0 Å². The molecule has 1 heterocycles. The molecular formula is C11H8ClNO3. The molecule has 0 unspecified atom stereocenters. The lowest BCUT2D eigenvalue weighted by molar-refractivity contribution is 0.0691. The highest BCUT2D eigenvalue weighted by molar-refractivity contribution is 6.28. The molecule has 0 amide bonds. The maximum absolute atomic E-state index is 10.9. The fraction of sp³-hybridized carbons (Fsp3) is 0.0909. The van der Waals surface area contributed by atoms with Gasteiger partial charge in [0.2, 0.25) is 0 Å². The molecule has 2 aromatic rings. The lowest BCUT2D eigenvalue weighted by Crippen LogP contribution is -1.99. The summed E-state index contributed by atoms with van der Waals surface area (Å²) in [5.74, 6) is -0.968. The van der Waals surface area contributed by atoms with Crippen LogP contribution in [0.1, 0.15) is 16.1 Å². The first-order valence-electron chi connectivity index (χ1n) is 4.55. The number of oxazole rings is 1. The molecule has 1 N–H and O–H groups in total. The molecule has 0 aliphatic rings. The van der Waals surface area contributed by atoms with Gasteiger partial charge < -0.3 is 9.52 Å². The predicted molar refractivity (Wildman–Crippen MR) is 58.6 cm³/mol. The number of aryl methyl sites for hydroxylation is 1. The van der Waals surface area contributed by atoms with Crippen molar-refractivity contribution >= 4 is 17.6 Å². The number of aromatic carboxylic acids is 1. The summed E-state index contributed by atoms with van der Waals surface area (Å²) in [6.07, 6.45) is 0. The summed E-state index contributed by atoms with van der Waals surface area (Å²) >= 11 is 5.57. The van der Waals surface area contributed by atoms with Crippen molar-refractivity contribution < 1.29 is 14.3 Å². The highest BCUT2D eigenvalue weighted by Gasteiger charge is 2.20. The monoisotopic (exact) mass is 237 g/mol. The maximum atomic E-state index is 10.9. The number of carbonyl (C=O) groups is 1. The average Bonchev–Trinajstić information content (AvgIpc) is 2.61. The fourth-order valence-corrected chi connectivity index (χ4v) is 1.61. The number of rotatable bonds is 2. The van der Waals surface area contributed by atoms with Crippen molar-refractivity contribution in [3.63, 3.8) is 0 Å². The number of aromatic nitrogens is 1. The van der Waals surface area contributed by atoms with Crippen molar-refractivity contribution in [2.24, 2.45) is 0 Å². The zero-order valence-corrected chi connectivity index (χ0v) is 9.15. The largest absolute Gasteiger partial charge is 0.476 e. The molecule has 4 nitrogen and oxygen atoms in total. The molecule has 1 aromatic carbocycles. The predicted octanol–water partition coefficient (Wildman–Crippen LogP) is 3.00. The van der Waals surface area contributed by atoms with Gasteiger partial charge in [-0.3, -0.25) is 0 Å². The Morgan fingerprint density at radius 3 is 2.75 bits per heavy atom. The number of hydrogen-bond acceptors (Lipinski definition) is 3. The first kappa shape index (κ1) is 10.7. The third-order valence-electron chi connectivity index (χ3n) is 2.19. The first-order valence-corrected chi connectivity index (χ1v) is 4.93. The van der Waals surface area contributed by atoms with Crippen LogP contribution >= 0.6 is 11.6 Å². The van der Waals surface area contributed by atoms with Gasteiger partial charge in [0.15, 0.2) is 11.5 Å². The molecule has 0 fully saturated rings. The van der Waals surface area contributed by atoms with Crippen LogP contribution in [0.15, 0.2) is 28.7 Å². The van der Waals surface area contributed by atoms with Crippen LogP contribution in [0, 0.1) is 6.92 Å². The molecule has 82 valence electrons. The molecule has 5 heteroatoms. The third-order valence-corrected chi connectivity index (χ3v) is 2.35. The van der Waals surface area contributed by atoms with E-state index in [1.807, 2.05) is 19.1 Å². The summed E-state index contributed by atoms with van der Waals surface area (Å²) in [7, 11) is 0. The minimum Gasteiger partial charge on any atom is -0.476 e. The smallest absolute Gasteiger partial charge is 0.358 e. The summed E-state index contributed by atoms with van der Waals surface area (Å²) < 4.78 is 5.12. The highest BCUT2D eigenvalue weighted by atomic mass is 35.5. The Morgan fingerprint density at radius 2 is 2.12 bits per heavy atom. The van der Waals surface area contributed by atoms with E-state index in [4.69, 9.17) is 21.1 Å². The molecular weight excluding hydrogens is 230 g/mol. The SMILES string of the molecule is Cc1ccccc1-c1oc(Cl)nc1C(=O)O. The number of hydrogen-bond donors (Lipinski definition) is 1. The van der Waals surface area contributed by atoms with E-state index in [0.717, 1.165) is 5.56 Å². The van der Waals surface area contributed by atoms with Gasteiger partial charge in [0.05, 0.1) is 0 Å². The van der Waals surface area contributed by atoms with Gasteiger partial charge in [-0.1, -0.05) is 24.3 Å². The van der Waals surface area contributed by atoms with Crippen LogP contribution < -0.4 is 0 Å². The topological polar surface area (TPSA) is 63.3 Å². The molecule has 0 aliphatic carbocycles. The minimum absolute atomic E-state index is 0.167. The molecule has 1 aromatic heterocycles. The summed E-state index contributed by atoms with van der Waals surface area (Å²) in [4.78, 5) is 14.6. The first-order chi connectivity index (χ1) is 7.59. The normalized spacial score (nSPS) is 10.4. The fourth-order valence-electron chi connectivity index (χ4n) is 1.45. The van der Waals surface area contributed by atoms with E-state index in [1.54, 1.807) is 12.1 Å². The number of halogens is 1. The van der Waals surface area contributed by atoms with E-state index >= 15 is 0 Å². The number of nitrogens with zero attached hydrogens (tertiary/aromatic N) is 1. The zero-order valence-electron chi connectivity index (χ0n) is 8.40. The second-order valence-electron chi connectivity index (χ2n) is 3.26. The Balaban J connectivity index is 2.64. The van der Waals surface area contributed by atoms with E-state index in [1.165, 1.54) is 0 Å². The van der Waals surface area contributed by atoms with Gasteiger partial charge in [-0.2, -0.15) is 4.98 Å². The van der Waals surface area contributed by atoms with Crippen LogP contribution in [0.5, 0.6) is 0 Å². The van der Waals surface area contributed by atoms with Gasteiger partial charge in [-0.25, -0.2) is 4.79 Å². The van der Waals surface area contributed by atoms with E-state index in [2.05, 4.69) is 4.98 Å². The van der Waals surface area contributed by atoms with Crippen LogP contribution in [0.3, 0.4) is 0 Å². The van der Waals surface area contributed by atoms with E-state index in [0.29, 0.717) is 5.56 Å². The van der Waals surface area contributed by atoms with Crippen molar-refractivity contribution in [1.82, 2.24) is 4.98 Å². The minimum atomic E-state index is -1.16. The summed E-state index contributed by atoms with van der Waals surface area (Å²) in [6.45, 7) is 1.86. The van der Waals surface area contributed by atoms with E-state index in [-0.39, 0.29) is 16.8 Å². The van der Waals surface area contributed by atoms with Crippen LogP contribution in [-0.2, 0) is 0 Å². The van der Waals surface area contributed by atoms with Crippen LogP contribution in [0.25, 0.3) is 11.3 Å². The lowest BCUT2D eigenvalue weighted by Gasteiger charge is -2.01. The third kappa shape index (κ3) is 1.79. The number of benzene rings is 1. The van der Waals surface area contributed by atoms with Gasteiger partial charge >= 0.3 is 5.97 Å². The second-order valence-corrected chi connectivity index (χ2v) is 3.59. The van der Waals surface area contributed by atoms with Gasteiger partial charge in [0.1, 0.15) is 0 Å². The Bertz CT molecular complexity index is 548. The number of carboxylic acids is 1. The second kappa shape index (κ2) is 3.98. The average molecular weight is 238 g/mol. The molecule has 0 radical (unpaired) electrons. The van der Waals surface area contributed by atoms with Gasteiger partial charge in [0, 0.05) is 5.56 Å². The molecule has 0 bridgehead atoms. The van der Waals surface area contributed by atoms with E-state index < -0.39 is 5.97 Å². The molecule has 2 rings (SSSR count). The Morgan fingerprint density at radius 1 is 1.44 bits per heavy atom. The Labute approximate surface area is 96.5 Å². The molecule has 0 spiro atoms. The summed E-state index contributed by atoms with van der Waals surface area (Å²) in [6, 6.07) is 7.28. The van der Waals surface area contributed by atoms with Gasteiger partial charge in [-0.05, 0) is 24.1 Å². The van der Waals surface area contributed by atoms with Crippen molar-refractivity contribution in [3.8, 4) is 11.3 Å². The van der Waals surface area contributed by atoms with E-state index in [9.17, 15) is 4.79 Å². The Hall–Kier alpha value is -1.81. The summed E-state index contributed by atoms with van der Waals surface area (Å²) in [5.41, 5.74) is 1.41. The Kier molecular flexibility index (Phi) is 2.66. The maximum Gasteiger partial charge on any atom is 0.358 e. The molecule has 0 atom stereocenters. The van der Waals surface area contributed by atoms with Crippen LogP contribution in [0.2, 0.25) is 5.35 Å². The highest BCUT2D eigenvalue weighted by Crippen LogP contribution is 2.29. The molecule has 0 aliphatic heterocycles. The molecule has 16 heavy (non-hydrogen) atoms. The standard InChI is InChI=1S/C11H8ClNO3/c1-6-4-2-3-5-7(6)9-8(10(14)15)13-11(12)16-9/h2-5H,1H3,(H,14,15). The van der Waals surface area contributed by atoms with Crippen molar-refractivity contribution in [1.29, 1.82) is 0 Å². The number of carboxylic acid groups (broad SMARTS) is 1. The van der Waals surface area contributed by atoms with Crippen LogP contribution in [-0.4, -0.2) is 16.1 Å². The van der Waals surface area contributed by atoms with Crippen LogP contribution in [0.4, 0.5) is 0 Å². The lowest BCUT2D eigenvalue weighted by atomic mass is 10.1. The molecule has 0 saturated carbocycles. The van der Waals surface area contributed by atoms with Crippen molar-refractivity contribution in [3.05, 3.63) is 40.9 Å².